The molecule has 5 nitrogen and oxygen atoms in total. The Labute approximate surface area is 133 Å². The quantitative estimate of drug-likeness (QED) is 0.896. The van der Waals surface area contributed by atoms with Crippen LogP contribution in [0.3, 0.4) is 0 Å². The Kier molecular flexibility index (Phi) is 4.27. The standard InChI is InChI=1S/C13H17ClN2O3S2/c14-12-4-3-11(20-12)13(17)15-9-7-21(18,19)8-10(9)16-5-1-2-6-16/h3-4,9-10H,1-2,5-8H2,(H,15,17)/t9-,10+/m0/s1. The molecule has 1 aromatic rings. The Bertz CT molecular complexity index is 638. The van der Waals surface area contributed by atoms with Crippen LogP contribution in [0.4, 0.5) is 0 Å². The van der Waals surface area contributed by atoms with Crippen LogP contribution < -0.4 is 5.32 Å². The van der Waals surface area contributed by atoms with Crippen LogP contribution in [-0.2, 0) is 9.84 Å². The van der Waals surface area contributed by atoms with Gasteiger partial charge in [0.05, 0.1) is 26.8 Å². The Morgan fingerprint density at radius 3 is 2.62 bits per heavy atom. The molecule has 0 unspecified atom stereocenters. The second-order valence-corrected chi connectivity index (χ2v) is 9.44. The van der Waals surface area contributed by atoms with Crippen LogP contribution in [0, 0.1) is 0 Å². The number of carbonyl (C=O) groups excluding carboxylic acids is 1. The van der Waals surface area contributed by atoms with E-state index in [1.165, 1.54) is 11.3 Å². The van der Waals surface area contributed by atoms with Gasteiger partial charge in [-0.25, -0.2) is 8.42 Å². The summed E-state index contributed by atoms with van der Waals surface area (Å²) < 4.78 is 24.4. The summed E-state index contributed by atoms with van der Waals surface area (Å²) in [5.41, 5.74) is 0. The highest BCUT2D eigenvalue weighted by atomic mass is 35.5. The third-order valence-corrected chi connectivity index (χ3v) is 6.99. The Balaban J connectivity index is 1.74. The second-order valence-electron chi connectivity index (χ2n) is 5.57. The summed E-state index contributed by atoms with van der Waals surface area (Å²) in [7, 11) is -3.08. The largest absolute Gasteiger partial charge is 0.346 e. The first-order valence-electron chi connectivity index (χ1n) is 6.95. The van der Waals surface area contributed by atoms with Crippen molar-refractivity contribution < 1.29 is 13.2 Å². The van der Waals surface area contributed by atoms with Gasteiger partial charge in [0.15, 0.2) is 9.84 Å². The van der Waals surface area contributed by atoms with E-state index < -0.39 is 9.84 Å². The SMILES string of the molecule is O=C(N[C@H]1CS(=O)(=O)C[C@H]1N1CCCC1)c1ccc(Cl)s1. The van der Waals surface area contributed by atoms with Crippen molar-refractivity contribution in [3.8, 4) is 0 Å². The van der Waals surface area contributed by atoms with Gasteiger partial charge in [-0.05, 0) is 38.1 Å². The molecular formula is C13H17ClN2O3S2. The van der Waals surface area contributed by atoms with Crippen molar-refractivity contribution in [2.45, 2.75) is 24.9 Å². The molecule has 116 valence electrons. The molecule has 2 aliphatic rings. The number of hydrogen-bond donors (Lipinski definition) is 1. The van der Waals surface area contributed by atoms with Gasteiger partial charge in [0.2, 0.25) is 0 Å². The summed E-state index contributed by atoms with van der Waals surface area (Å²) in [5.74, 6) is -0.0690. The van der Waals surface area contributed by atoms with Crippen LogP contribution in [-0.4, -0.2) is 55.9 Å². The molecule has 0 saturated carbocycles. The van der Waals surface area contributed by atoms with E-state index in [1.54, 1.807) is 12.1 Å². The minimum Gasteiger partial charge on any atom is -0.346 e. The maximum atomic E-state index is 12.2. The first-order valence-corrected chi connectivity index (χ1v) is 9.97. The topological polar surface area (TPSA) is 66.5 Å². The van der Waals surface area contributed by atoms with E-state index in [9.17, 15) is 13.2 Å². The Hall–Kier alpha value is -0.630. The lowest BCUT2D eigenvalue weighted by molar-refractivity contribution is 0.0923. The van der Waals surface area contributed by atoms with E-state index >= 15 is 0 Å². The number of carbonyl (C=O) groups is 1. The number of nitrogens with zero attached hydrogens (tertiary/aromatic N) is 1. The van der Waals surface area contributed by atoms with E-state index in [0.717, 1.165) is 25.9 Å². The van der Waals surface area contributed by atoms with Gasteiger partial charge < -0.3 is 5.32 Å². The van der Waals surface area contributed by atoms with Crippen molar-refractivity contribution in [2.75, 3.05) is 24.6 Å². The van der Waals surface area contributed by atoms with Gasteiger partial charge in [0, 0.05) is 6.04 Å². The molecule has 8 heteroatoms. The fourth-order valence-electron chi connectivity index (χ4n) is 3.08. The van der Waals surface area contributed by atoms with Crippen molar-refractivity contribution in [1.82, 2.24) is 10.2 Å². The number of hydrogen-bond acceptors (Lipinski definition) is 5. The fourth-order valence-corrected chi connectivity index (χ4v) is 5.97. The normalized spacial score (nSPS) is 28.8. The first-order chi connectivity index (χ1) is 9.94. The molecule has 3 rings (SSSR count). The smallest absolute Gasteiger partial charge is 0.261 e. The summed E-state index contributed by atoms with van der Waals surface area (Å²) in [5, 5.41) is 2.88. The van der Waals surface area contributed by atoms with Crippen LogP contribution in [0.2, 0.25) is 4.34 Å². The van der Waals surface area contributed by atoms with E-state index in [1.807, 2.05) is 0 Å². The molecule has 3 heterocycles. The average Bonchev–Trinajstić information content (AvgIpc) is 3.09. The summed E-state index contributed by atoms with van der Waals surface area (Å²) in [6.07, 6.45) is 2.19. The lowest BCUT2D eigenvalue weighted by Crippen LogP contribution is -2.50. The van der Waals surface area contributed by atoms with Gasteiger partial charge in [0.1, 0.15) is 0 Å². The van der Waals surface area contributed by atoms with E-state index in [4.69, 9.17) is 11.6 Å². The zero-order valence-corrected chi connectivity index (χ0v) is 13.8. The van der Waals surface area contributed by atoms with E-state index in [-0.39, 0.29) is 29.5 Å². The Morgan fingerprint density at radius 1 is 1.29 bits per heavy atom. The highest BCUT2D eigenvalue weighted by molar-refractivity contribution is 7.91. The van der Waals surface area contributed by atoms with Gasteiger partial charge in [-0.2, -0.15) is 0 Å². The number of rotatable bonds is 3. The molecule has 0 radical (unpaired) electrons. The zero-order valence-electron chi connectivity index (χ0n) is 11.4. The third-order valence-electron chi connectivity index (χ3n) is 4.05. The predicted molar refractivity (Wildman–Crippen MR) is 83.8 cm³/mol. The summed E-state index contributed by atoms with van der Waals surface area (Å²) in [6, 6.07) is 2.90. The monoisotopic (exact) mass is 348 g/mol. The molecule has 1 amide bonds. The Morgan fingerprint density at radius 2 is 2.00 bits per heavy atom. The molecule has 2 saturated heterocycles. The summed E-state index contributed by atoms with van der Waals surface area (Å²) in [4.78, 5) is 14.9. The van der Waals surface area contributed by atoms with Crippen molar-refractivity contribution >= 4 is 38.7 Å². The fraction of sp³-hybridized carbons (Fsp3) is 0.615. The van der Waals surface area contributed by atoms with Gasteiger partial charge in [-0.1, -0.05) is 11.6 Å². The maximum Gasteiger partial charge on any atom is 0.261 e. The molecule has 1 aromatic heterocycles. The van der Waals surface area contributed by atoms with Crippen molar-refractivity contribution in [3.63, 3.8) is 0 Å². The van der Waals surface area contributed by atoms with Crippen LogP contribution in [0.5, 0.6) is 0 Å². The maximum absolute atomic E-state index is 12.2. The second kappa shape index (κ2) is 5.87. The third kappa shape index (κ3) is 3.41. The highest BCUT2D eigenvalue weighted by Crippen LogP contribution is 2.25. The molecular weight excluding hydrogens is 332 g/mol. The number of halogens is 1. The van der Waals surface area contributed by atoms with Gasteiger partial charge >= 0.3 is 0 Å². The molecule has 2 aliphatic heterocycles. The molecule has 2 fully saturated rings. The summed E-state index contributed by atoms with van der Waals surface area (Å²) in [6.45, 7) is 1.83. The van der Waals surface area contributed by atoms with Crippen molar-refractivity contribution in [1.29, 1.82) is 0 Å². The van der Waals surface area contributed by atoms with E-state index in [2.05, 4.69) is 10.2 Å². The minimum absolute atomic E-state index is 0.0268. The number of thiophene rings is 1. The van der Waals surface area contributed by atoms with Gasteiger partial charge in [0.25, 0.3) is 5.91 Å². The molecule has 1 N–H and O–H groups in total. The number of nitrogens with one attached hydrogen (secondary N) is 1. The van der Waals surface area contributed by atoms with Crippen molar-refractivity contribution in [2.24, 2.45) is 0 Å². The predicted octanol–water partition coefficient (Wildman–Crippen LogP) is 1.39. The van der Waals surface area contributed by atoms with Crippen LogP contribution in [0.15, 0.2) is 12.1 Å². The molecule has 0 aliphatic carbocycles. The molecule has 2 atom stereocenters. The number of likely N-dealkylation sites (tertiary alicyclic amines) is 1. The minimum atomic E-state index is -3.08. The highest BCUT2D eigenvalue weighted by Gasteiger charge is 2.42. The first kappa shape index (κ1) is 15.3. The zero-order chi connectivity index (χ0) is 15.0. The average molecular weight is 349 g/mol. The molecule has 21 heavy (non-hydrogen) atoms. The van der Waals surface area contributed by atoms with Crippen LogP contribution >= 0.6 is 22.9 Å². The van der Waals surface area contributed by atoms with Crippen LogP contribution in [0.25, 0.3) is 0 Å². The number of amides is 1. The molecule has 0 aromatic carbocycles. The van der Waals surface area contributed by atoms with E-state index in [0.29, 0.717) is 9.21 Å². The van der Waals surface area contributed by atoms with Gasteiger partial charge in [-0.15, -0.1) is 11.3 Å². The van der Waals surface area contributed by atoms with Gasteiger partial charge in [-0.3, -0.25) is 9.69 Å². The molecule has 0 spiro atoms. The van der Waals surface area contributed by atoms with Crippen molar-refractivity contribution in [3.05, 3.63) is 21.3 Å². The summed E-state index contributed by atoms with van der Waals surface area (Å²) >= 11 is 7.04. The lowest BCUT2D eigenvalue weighted by Gasteiger charge is -2.28. The van der Waals surface area contributed by atoms with Crippen LogP contribution in [0.1, 0.15) is 22.5 Å². The number of sulfone groups is 1. The lowest BCUT2D eigenvalue weighted by atomic mass is 10.1. The molecule has 0 bridgehead atoms.